The third kappa shape index (κ3) is 4.11. The first kappa shape index (κ1) is 22.2. The van der Waals surface area contributed by atoms with Gasteiger partial charge in [-0.1, -0.05) is 6.07 Å². The predicted molar refractivity (Wildman–Crippen MR) is 130 cm³/mol. The number of imidazole rings is 1. The Labute approximate surface area is 205 Å². The lowest BCUT2D eigenvalue weighted by Gasteiger charge is -2.41. The van der Waals surface area contributed by atoms with Crippen LogP contribution in [0.15, 0.2) is 37.1 Å². The van der Waals surface area contributed by atoms with E-state index in [2.05, 4.69) is 29.0 Å². The van der Waals surface area contributed by atoms with E-state index in [1.807, 2.05) is 32.2 Å². The molecule has 1 saturated heterocycles. The molecule has 9 nitrogen and oxygen atoms in total. The van der Waals surface area contributed by atoms with Crippen molar-refractivity contribution >= 4 is 34.4 Å². The van der Waals surface area contributed by atoms with Crippen LogP contribution in [0.2, 0.25) is 0 Å². The predicted octanol–water partition coefficient (Wildman–Crippen LogP) is 4.34. The summed E-state index contributed by atoms with van der Waals surface area (Å²) in [4.78, 5) is 25.8. The molecular formula is C22H26FIN8O. The highest BCUT2D eigenvalue weighted by molar-refractivity contribution is 14.1. The number of carbonyl (C=O) groups excluding carboxylic acids is 1. The summed E-state index contributed by atoms with van der Waals surface area (Å²) in [6.07, 6.45) is 6.84. The van der Waals surface area contributed by atoms with E-state index in [1.165, 1.54) is 6.92 Å². The normalized spacial score (nSPS) is 22.7. The minimum atomic E-state index is -1.48. The Morgan fingerprint density at radius 1 is 1.18 bits per heavy atom. The van der Waals surface area contributed by atoms with Crippen molar-refractivity contribution in [1.82, 2.24) is 34.2 Å². The van der Waals surface area contributed by atoms with E-state index in [4.69, 9.17) is 4.98 Å². The zero-order valence-electron chi connectivity index (χ0n) is 18.8. The summed E-state index contributed by atoms with van der Waals surface area (Å²) in [6, 6.07) is 6.23. The number of anilines is 1. The molecule has 5 rings (SSSR count). The molecule has 1 aliphatic heterocycles. The maximum atomic E-state index is 14.1. The second-order valence-electron chi connectivity index (χ2n) is 9.04. The number of urea groups is 1. The number of rotatable bonds is 6. The maximum absolute atomic E-state index is 14.1. The van der Waals surface area contributed by atoms with Crippen LogP contribution in [0, 0.1) is 0 Å². The Morgan fingerprint density at radius 3 is 2.67 bits per heavy atom. The summed E-state index contributed by atoms with van der Waals surface area (Å²) in [5.74, 6) is 1.31. The molecule has 1 unspecified atom stereocenters. The van der Waals surface area contributed by atoms with Crippen molar-refractivity contribution in [3.63, 3.8) is 0 Å². The standard InChI is InChI=1S/C22H26FIN8O/c1-14(2)32-13-26-28-20(32)17-5-4-6-19(27-17)31-8-7-30(21(31)33)16-9-15(10-16)29-11-18(25-12-29)22(3,23)24/h4-6,11-16H,7-10H2,1-3H3. The van der Waals surface area contributed by atoms with Crippen molar-refractivity contribution in [3.8, 4) is 11.5 Å². The molecule has 174 valence electrons. The monoisotopic (exact) mass is 564 g/mol. The fourth-order valence-electron chi connectivity index (χ4n) is 4.43. The van der Waals surface area contributed by atoms with E-state index >= 15 is 0 Å². The quantitative estimate of drug-likeness (QED) is 0.329. The number of aromatic nitrogens is 6. The van der Waals surface area contributed by atoms with Crippen molar-refractivity contribution in [3.05, 3.63) is 42.7 Å². The summed E-state index contributed by atoms with van der Waals surface area (Å²) in [6.45, 7) is 6.88. The van der Waals surface area contributed by atoms with Gasteiger partial charge in [-0.05, 0) is 68.3 Å². The molecule has 0 bridgehead atoms. The van der Waals surface area contributed by atoms with Gasteiger partial charge in [-0.2, -0.15) is 0 Å². The highest BCUT2D eigenvalue weighted by atomic mass is 127. The second-order valence-corrected chi connectivity index (χ2v) is 11.1. The lowest BCUT2D eigenvalue weighted by atomic mass is 9.85. The number of carbonyl (C=O) groups is 1. The highest BCUT2D eigenvalue weighted by Crippen LogP contribution is 2.39. The summed E-state index contributed by atoms with van der Waals surface area (Å²) >= 11 is 1.75. The molecule has 4 heterocycles. The van der Waals surface area contributed by atoms with Crippen molar-refractivity contribution in [2.75, 3.05) is 18.0 Å². The van der Waals surface area contributed by atoms with Crippen LogP contribution < -0.4 is 4.90 Å². The lowest BCUT2D eigenvalue weighted by Crippen LogP contribution is -2.47. The summed E-state index contributed by atoms with van der Waals surface area (Å²) in [5.41, 5.74) is 1.12. The first-order valence-corrected chi connectivity index (χ1v) is 12.2. The molecule has 1 saturated carbocycles. The van der Waals surface area contributed by atoms with Gasteiger partial charge in [0, 0.05) is 37.4 Å². The minimum Gasteiger partial charge on any atom is -0.334 e. The van der Waals surface area contributed by atoms with Gasteiger partial charge in [-0.15, -0.1) is 10.2 Å². The van der Waals surface area contributed by atoms with Gasteiger partial charge in [0.05, 0.1) is 6.33 Å². The van der Waals surface area contributed by atoms with Crippen LogP contribution in [0.3, 0.4) is 0 Å². The van der Waals surface area contributed by atoms with E-state index < -0.39 is 3.68 Å². The van der Waals surface area contributed by atoms with E-state index in [0.29, 0.717) is 36.1 Å². The van der Waals surface area contributed by atoms with Gasteiger partial charge in [0.1, 0.15) is 23.5 Å². The number of nitrogens with zero attached hydrogens (tertiary/aromatic N) is 8. The minimum absolute atomic E-state index is 0.0247. The van der Waals surface area contributed by atoms with Crippen molar-refractivity contribution < 1.29 is 9.18 Å². The fourth-order valence-corrected chi connectivity index (χ4v) is 4.71. The Bertz CT molecular complexity index is 1160. The SMILES string of the molecule is CC(C)n1cnnc1-c1cccc(N2CCN(C3CC(n4cnc(C(C)(F)I)c4)C3)C2=O)n1. The number of pyridine rings is 1. The number of halogens is 2. The Balaban J connectivity index is 1.26. The van der Waals surface area contributed by atoms with Crippen LogP contribution in [0.25, 0.3) is 11.5 Å². The summed E-state index contributed by atoms with van der Waals surface area (Å²) in [7, 11) is 0. The van der Waals surface area contributed by atoms with E-state index in [0.717, 1.165) is 12.8 Å². The molecule has 2 fully saturated rings. The first-order valence-electron chi connectivity index (χ1n) is 11.1. The molecular weight excluding hydrogens is 538 g/mol. The first-order chi connectivity index (χ1) is 15.7. The van der Waals surface area contributed by atoms with Crippen LogP contribution >= 0.6 is 22.6 Å². The average molecular weight is 564 g/mol. The Kier molecular flexibility index (Phi) is 5.61. The van der Waals surface area contributed by atoms with Crippen molar-refractivity contribution in [2.45, 2.75) is 55.4 Å². The van der Waals surface area contributed by atoms with Crippen molar-refractivity contribution in [2.24, 2.45) is 0 Å². The Hall–Kier alpha value is -2.57. The molecule has 3 aromatic heterocycles. The van der Waals surface area contributed by atoms with Gasteiger partial charge in [0.2, 0.25) is 3.68 Å². The molecule has 0 spiro atoms. The lowest BCUT2D eigenvalue weighted by molar-refractivity contribution is 0.121. The molecule has 2 aliphatic rings. The molecule has 0 aromatic carbocycles. The second kappa shape index (κ2) is 8.33. The molecule has 0 N–H and O–H groups in total. The van der Waals surface area contributed by atoms with Gasteiger partial charge in [-0.25, -0.2) is 19.2 Å². The number of alkyl halides is 2. The van der Waals surface area contributed by atoms with E-state index in [-0.39, 0.29) is 24.2 Å². The number of hydrogen-bond acceptors (Lipinski definition) is 5. The van der Waals surface area contributed by atoms with Crippen LogP contribution in [0.4, 0.5) is 15.0 Å². The summed E-state index contributed by atoms with van der Waals surface area (Å²) < 4.78 is 16.6. The number of amides is 2. The van der Waals surface area contributed by atoms with Crippen molar-refractivity contribution in [1.29, 1.82) is 0 Å². The van der Waals surface area contributed by atoms with Crippen LogP contribution in [-0.4, -0.2) is 59.4 Å². The smallest absolute Gasteiger partial charge is 0.326 e. The molecule has 1 atom stereocenters. The van der Waals surface area contributed by atoms with Gasteiger partial charge >= 0.3 is 6.03 Å². The maximum Gasteiger partial charge on any atom is 0.326 e. The average Bonchev–Trinajstić information content (AvgIpc) is 3.47. The topological polar surface area (TPSA) is 85.0 Å². The third-order valence-corrected chi connectivity index (χ3v) is 6.97. The van der Waals surface area contributed by atoms with Gasteiger partial charge in [-0.3, -0.25) is 4.90 Å². The zero-order valence-corrected chi connectivity index (χ0v) is 20.9. The van der Waals surface area contributed by atoms with E-state index in [9.17, 15) is 9.18 Å². The fraction of sp³-hybridized carbons (Fsp3) is 0.500. The molecule has 33 heavy (non-hydrogen) atoms. The van der Waals surface area contributed by atoms with Crippen LogP contribution in [0.5, 0.6) is 0 Å². The van der Waals surface area contributed by atoms with E-state index in [1.54, 1.807) is 46.3 Å². The Morgan fingerprint density at radius 2 is 1.97 bits per heavy atom. The summed E-state index contributed by atoms with van der Waals surface area (Å²) in [5, 5.41) is 8.24. The molecule has 0 radical (unpaired) electrons. The molecule has 1 aliphatic carbocycles. The van der Waals surface area contributed by atoms with Gasteiger partial charge in [0.15, 0.2) is 5.82 Å². The van der Waals surface area contributed by atoms with Gasteiger partial charge in [0.25, 0.3) is 0 Å². The zero-order chi connectivity index (χ0) is 23.3. The molecule has 3 aromatic rings. The largest absolute Gasteiger partial charge is 0.334 e. The van der Waals surface area contributed by atoms with Gasteiger partial charge < -0.3 is 14.0 Å². The van der Waals surface area contributed by atoms with Crippen LogP contribution in [0.1, 0.15) is 51.4 Å². The number of hydrogen-bond donors (Lipinski definition) is 0. The third-order valence-electron chi connectivity index (χ3n) is 6.41. The highest BCUT2D eigenvalue weighted by Gasteiger charge is 2.42. The molecule has 2 amide bonds. The molecule has 11 heteroatoms. The van der Waals surface area contributed by atoms with Crippen LogP contribution in [-0.2, 0) is 3.68 Å².